The number of hydrogen-bond donors (Lipinski definition) is 0. The third-order valence-electron chi connectivity index (χ3n) is 6.12. The maximum Gasteiger partial charge on any atom is 0.00905 e. The molecule has 5 atom stereocenters. The first-order valence-electron chi connectivity index (χ1n) is 7.63. The minimum Gasteiger partial charge on any atom is -0.0958 e. The Morgan fingerprint density at radius 1 is 1.18 bits per heavy atom. The number of allylic oxidation sites excluding steroid dienone is 3. The molecule has 3 saturated carbocycles. The topological polar surface area (TPSA) is 0 Å². The summed E-state index contributed by atoms with van der Waals surface area (Å²) >= 11 is 0. The van der Waals surface area contributed by atoms with E-state index in [1.807, 2.05) is 5.57 Å². The molecule has 0 spiro atoms. The number of fused-ring (bicyclic) bond motifs is 2. The molecule has 0 radical (unpaired) electrons. The van der Waals surface area contributed by atoms with Gasteiger partial charge in [0.25, 0.3) is 0 Å². The highest BCUT2D eigenvalue weighted by Crippen LogP contribution is 2.70. The minimum absolute atomic E-state index is 0.893. The van der Waals surface area contributed by atoms with E-state index in [9.17, 15) is 0 Å². The largest absolute Gasteiger partial charge is 0.0958 e. The van der Waals surface area contributed by atoms with E-state index in [4.69, 9.17) is 0 Å². The van der Waals surface area contributed by atoms with Gasteiger partial charge in [-0.2, -0.15) is 0 Å². The van der Waals surface area contributed by atoms with Crippen molar-refractivity contribution in [1.82, 2.24) is 0 Å². The van der Waals surface area contributed by atoms with Gasteiger partial charge < -0.3 is 0 Å². The summed E-state index contributed by atoms with van der Waals surface area (Å²) in [5.41, 5.74) is 5.01. The van der Waals surface area contributed by atoms with Crippen molar-refractivity contribution in [3.63, 3.8) is 0 Å². The molecule has 0 heteroatoms. The molecule has 0 aromatic rings. The Balaban J connectivity index is 1.70. The smallest absolute Gasteiger partial charge is 0.00905 e. The molecule has 4 rings (SSSR count). The summed E-state index contributed by atoms with van der Waals surface area (Å²) in [6, 6.07) is 0. The quantitative estimate of drug-likeness (QED) is 0.663. The molecule has 3 fully saturated rings. The monoisotopic (exact) mass is 228 g/mol. The zero-order valence-electron chi connectivity index (χ0n) is 11.2. The zero-order chi connectivity index (χ0) is 11.7. The van der Waals surface area contributed by atoms with Crippen LogP contribution in [0, 0.1) is 35.5 Å². The molecule has 0 N–H and O–H groups in total. The highest BCUT2D eigenvalue weighted by Gasteiger charge is 2.61. The third kappa shape index (κ3) is 1.25. The van der Waals surface area contributed by atoms with Crippen molar-refractivity contribution in [1.29, 1.82) is 0 Å². The van der Waals surface area contributed by atoms with Crippen LogP contribution in [-0.4, -0.2) is 0 Å². The molecule has 5 unspecified atom stereocenters. The fourth-order valence-corrected chi connectivity index (χ4v) is 5.20. The van der Waals surface area contributed by atoms with Gasteiger partial charge in [-0.25, -0.2) is 0 Å². The highest BCUT2D eigenvalue weighted by atomic mass is 14.6. The van der Waals surface area contributed by atoms with Crippen LogP contribution in [0.3, 0.4) is 0 Å². The van der Waals surface area contributed by atoms with E-state index >= 15 is 0 Å². The first-order chi connectivity index (χ1) is 8.24. The second kappa shape index (κ2) is 3.28. The molecule has 4 aliphatic carbocycles. The molecule has 17 heavy (non-hydrogen) atoms. The van der Waals surface area contributed by atoms with Crippen molar-refractivity contribution < 1.29 is 0 Å². The van der Waals surface area contributed by atoms with Gasteiger partial charge in [-0.3, -0.25) is 0 Å². The molecule has 0 aromatic heterocycles. The zero-order valence-corrected chi connectivity index (χ0v) is 11.2. The van der Waals surface area contributed by atoms with Crippen LogP contribution in [0.1, 0.15) is 46.0 Å². The maximum atomic E-state index is 4.24. The average Bonchev–Trinajstić information content (AvgIpc) is 3.10. The van der Waals surface area contributed by atoms with Gasteiger partial charge in [0.05, 0.1) is 0 Å². The summed E-state index contributed by atoms with van der Waals surface area (Å²) < 4.78 is 0. The fraction of sp³-hybridized carbons (Fsp3) is 0.765. The fourth-order valence-electron chi connectivity index (χ4n) is 5.20. The summed E-state index contributed by atoms with van der Waals surface area (Å²) in [5.74, 6) is 6.13. The molecule has 0 heterocycles. The van der Waals surface area contributed by atoms with Crippen LogP contribution in [0.15, 0.2) is 23.3 Å². The Kier molecular flexibility index (Phi) is 2.00. The first-order valence-corrected chi connectivity index (χ1v) is 7.63. The predicted molar refractivity (Wildman–Crippen MR) is 71.5 cm³/mol. The van der Waals surface area contributed by atoms with Gasteiger partial charge in [-0.15, -0.1) is 0 Å². The Morgan fingerprint density at radius 2 is 1.88 bits per heavy atom. The summed E-state index contributed by atoms with van der Waals surface area (Å²) in [4.78, 5) is 0. The lowest BCUT2D eigenvalue weighted by molar-refractivity contribution is 0.0208. The summed E-state index contributed by atoms with van der Waals surface area (Å²) in [5, 5.41) is 0. The lowest BCUT2D eigenvalue weighted by Crippen LogP contribution is -2.43. The normalized spacial score (nSPS) is 47.1. The van der Waals surface area contributed by atoms with Crippen molar-refractivity contribution in [3.8, 4) is 0 Å². The predicted octanol–water partition coefficient (Wildman–Crippen LogP) is 4.58. The summed E-state index contributed by atoms with van der Waals surface area (Å²) in [7, 11) is 0. The second-order valence-electron chi connectivity index (χ2n) is 6.97. The Morgan fingerprint density at radius 3 is 2.35 bits per heavy atom. The standard InChI is InChI=1S/C17H24/c1-4-11-12-7-8-13(12)15(10-5-6-10)17-14(9(2)3)16(11)17/h10-13,15-16H,2,4-8H2,1,3H3. The molecule has 0 aliphatic heterocycles. The molecule has 0 saturated heterocycles. The van der Waals surface area contributed by atoms with E-state index in [1.165, 1.54) is 37.7 Å². The average molecular weight is 228 g/mol. The Labute approximate surface area is 105 Å². The van der Waals surface area contributed by atoms with Gasteiger partial charge in [0, 0.05) is 5.92 Å². The van der Waals surface area contributed by atoms with Gasteiger partial charge in [-0.05, 0) is 67.8 Å². The van der Waals surface area contributed by atoms with Crippen LogP contribution in [0.25, 0.3) is 0 Å². The van der Waals surface area contributed by atoms with Crippen molar-refractivity contribution in [2.75, 3.05) is 0 Å². The van der Waals surface area contributed by atoms with E-state index in [1.54, 1.807) is 5.57 Å². The van der Waals surface area contributed by atoms with Crippen molar-refractivity contribution in [2.45, 2.75) is 46.0 Å². The summed E-state index contributed by atoms with van der Waals surface area (Å²) in [6.07, 6.45) is 7.49. The molecule has 0 amide bonds. The molecule has 4 aliphatic rings. The lowest BCUT2D eigenvalue weighted by Gasteiger charge is -2.50. The van der Waals surface area contributed by atoms with Gasteiger partial charge in [0.15, 0.2) is 0 Å². The first kappa shape index (κ1) is 10.4. The number of hydrogen-bond acceptors (Lipinski definition) is 0. The minimum atomic E-state index is 0.893. The van der Waals surface area contributed by atoms with E-state index in [0.717, 1.165) is 35.5 Å². The van der Waals surface area contributed by atoms with Crippen LogP contribution < -0.4 is 0 Å². The van der Waals surface area contributed by atoms with Crippen LogP contribution in [-0.2, 0) is 0 Å². The second-order valence-corrected chi connectivity index (χ2v) is 6.97. The SMILES string of the molecule is C=C(C)C1=C2C1C(CC)C1CCC1C2C1CC1. The van der Waals surface area contributed by atoms with E-state index in [2.05, 4.69) is 20.4 Å². The van der Waals surface area contributed by atoms with Gasteiger partial charge in [0.1, 0.15) is 0 Å². The molecule has 0 nitrogen and oxygen atoms in total. The van der Waals surface area contributed by atoms with E-state index in [-0.39, 0.29) is 0 Å². The van der Waals surface area contributed by atoms with Gasteiger partial charge in [0.2, 0.25) is 0 Å². The van der Waals surface area contributed by atoms with E-state index in [0.29, 0.717) is 0 Å². The van der Waals surface area contributed by atoms with Crippen molar-refractivity contribution in [3.05, 3.63) is 23.3 Å². The molecule has 0 bridgehead atoms. The Hall–Kier alpha value is -0.520. The molecule has 92 valence electrons. The summed E-state index contributed by atoms with van der Waals surface area (Å²) in [6.45, 7) is 8.88. The van der Waals surface area contributed by atoms with Crippen molar-refractivity contribution in [2.24, 2.45) is 35.5 Å². The third-order valence-corrected chi connectivity index (χ3v) is 6.12. The highest BCUT2D eigenvalue weighted by molar-refractivity contribution is 5.56. The van der Waals surface area contributed by atoms with Crippen LogP contribution in [0.5, 0.6) is 0 Å². The van der Waals surface area contributed by atoms with Gasteiger partial charge in [-0.1, -0.05) is 31.1 Å². The van der Waals surface area contributed by atoms with E-state index < -0.39 is 0 Å². The van der Waals surface area contributed by atoms with Crippen LogP contribution >= 0.6 is 0 Å². The Bertz CT molecular complexity index is 410. The number of rotatable bonds is 3. The van der Waals surface area contributed by atoms with Crippen LogP contribution in [0.4, 0.5) is 0 Å². The molecular formula is C17H24. The maximum absolute atomic E-state index is 4.24. The molecule has 0 aromatic carbocycles. The van der Waals surface area contributed by atoms with Crippen LogP contribution in [0.2, 0.25) is 0 Å². The lowest BCUT2D eigenvalue weighted by atomic mass is 9.54. The van der Waals surface area contributed by atoms with Crippen molar-refractivity contribution >= 4 is 0 Å². The molecular weight excluding hydrogens is 204 g/mol. The van der Waals surface area contributed by atoms with Gasteiger partial charge >= 0.3 is 0 Å².